The molecule has 1 fully saturated rings. The van der Waals surface area contributed by atoms with Gasteiger partial charge in [-0.25, -0.2) is 0 Å². The summed E-state index contributed by atoms with van der Waals surface area (Å²) in [6.45, 7) is 8.20. The van der Waals surface area contributed by atoms with Crippen LogP contribution in [0.25, 0.3) is 0 Å². The maximum absolute atomic E-state index is 3.68. The van der Waals surface area contributed by atoms with Crippen LogP contribution in [0.4, 0.5) is 0 Å². The normalized spacial score (nSPS) is 29.5. The third kappa shape index (κ3) is 4.66. The fourth-order valence-corrected chi connectivity index (χ4v) is 2.20. The lowest BCUT2D eigenvalue weighted by atomic mass is 9.87. The molecule has 0 radical (unpaired) electrons. The molecule has 78 valence electrons. The van der Waals surface area contributed by atoms with Crippen LogP contribution < -0.4 is 5.32 Å². The number of rotatable bonds is 4. The third-order valence-corrected chi connectivity index (χ3v) is 3.09. The Morgan fingerprint density at radius 2 is 2.08 bits per heavy atom. The van der Waals surface area contributed by atoms with Crippen molar-refractivity contribution >= 4 is 0 Å². The van der Waals surface area contributed by atoms with E-state index in [-0.39, 0.29) is 0 Å². The number of hydrogen-bond acceptors (Lipinski definition) is 1. The summed E-state index contributed by atoms with van der Waals surface area (Å²) in [5.74, 6) is 1.79. The van der Waals surface area contributed by atoms with Crippen LogP contribution in [0.3, 0.4) is 0 Å². The SMILES string of the molecule is CC(C)CCN[C@@H]1CCC[C@@H](C)C1. The summed E-state index contributed by atoms with van der Waals surface area (Å²) in [6.07, 6.45) is 7.01. The lowest BCUT2D eigenvalue weighted by Crippen LogP contribution is -2.34. The molecule has 0 unspecified atom stereocenters. The zero-order chi connectivity index (χ0) is 9.68. The van der Waals surface area contributed by atoms with E-state index < -0.39 is 0 Å². The lowest BCUT2D eigenvalue weighted by molar-refractivity contribution is 0.297. The van der Waals surface area contributed by atoms with E-state index in [2.05, 4.69) is 26.1 Å². The highest BCUT2D eigenvalue weighted by Crippen LogP contribution is 2.23. The minimum Gasteiger partial charge on any atom is -0.314 e. The first-order valence-corrected chi connectivity index (χ1v) is 5.92. The van der Waals surface area contributed by atoms with E-state index in [1.165, 1.54) is 38.6 Å². The van der Waals surface area contributed by atoms with Crippen LogP contribution in [-0.2, 0) is 0 Å². The average molecular weight is 183 g/mol. The van der Waals surface area contributed by atoms with Gasteiger partial charge >= 0.3 is 0 Å². The molecule has 0 bridgehead atoms. The van der Waals surface area contributed by atoms with Crippen LogP contribution in [-0.4, -0.2) is 12.6 Å². The Hall–Kier alpha value is -0.0400. The largest absolute Gasteiger partial charge is 0.314 e. The van der Waals surface area contributed by atoms with Crippen molar-refractivity contribution < 1.29 is 0 Å². The highest BCUT2D eigenvalue weighted by Gasteiger charge is 2.17. The molecule has 0 aromatic carbocycles. The quantitative estimate of drug-likeness (QED) is 0.706. The molecule has 1 heteroatoms. The van der Waals surface area contributed by atoms with Crippen LogP contribution in [0.2, 0.25) is 0 Å². The smallest absolute Gasteiger partial charge is 0.00696 e. The van der Waals surface area contributed by atoms with Gasteiger partial charge in [0.15, 0.2) is 0 Å². The molecule has 0 aromatic heterocycles. The molecule has 0 heterocycles. The van der Waals surface area contributed by atoms with E-state index in [1.54, 1.807) is 0 Å². The molecule has 1 aliphatic rings. The summed E-state index contributed by atoms with van der Waals surface area (Å²) >= 11 is 0. The Labute approximate surface area is 83.3 Å². The van der Waals surface area contributed by atoms with E-state index in [0.29, 0.717) is 0 Å². The maximum atomic E-state index is 3.68. The Bertz CT molecular complexity index is 131. The minimum atomic E-state index is 0.822. The first-order chi connectivity index (χ1) is 6.18. The van der Waals surface area contributed by atoms with Gasteiger partial charge in [0.25, 0.3) is 0 Å². The molecule has 0 spiro atoms. The Morgan fingerprint density at radius 1 is 1.31 bits per heavy atom. The zero-order valence-corrected chi connectivity index (χ0v) is 9.47. The number of nitrogens with one attached hydrogen (secondary N) is 1. The first-order valence-electron chi connectivity index (χ1n) is 5.92. The second-order valence-electron chi connectivity index (χ2n) is 5.11. The molecule has 1 rings (SSSR count). The van der Waals surface area contributed by atoms with E-state index in [4.69, 9.17) is 0 Å². The van der Waals surface area contributed by atoms with E-state index in [9.17, 15) is 0 Å². The molecule has 1 saturated carbocycles. The summed E-state index contributed by atoms with van der Waals surface area (Å²) in [5, 5.41) is 3.68. The van der Waals surface area contributed by atoms with Crippen molar-refractivity contribution in [3.8, 4) is 0 Å². The third-order valence-electron chi connectivity index (χ3n) is 3.09. The van der Waals surface area contributed by atoms with Crippen molar-refractivity contribution in [2.24, 2.45) is 11.8 Å². The second kappa shape index (κ2) is 5.64. The Kier molecular flexibility index (Phi) is 4.79. The van der Waals surface area contributed by atoms with Crippen molar-refractivity contribution in [3.05, 3.63) is 0 Å². The van der Waals surface area contributed by atoms with Gasteiger partial charge in [0.1, 0.15) is 0 Å². The van der Waals surface area contributed by atoms with Gasteiger partial charge in [-0.15, -0.1) is 0 Å². The molecule has 0 aromatic rings. The molecular weight excluding hydrogens is 158 g/mol. The second-order valence-corrected chi connectivity index (χ2v) is 5.11. The van der Waals surface area contributed by atoms with Crippen molar-refractivity contribution in [1.82, 2.24) is 5.32 Å². The van der Waals surface area contributed by atoms with Crippen molar-refractivity contribution in [3.63, 3.8) is 0 Å². The van der Waals surface area contributed by atoms with Gasteiger partial charge in [-0.2, -0.15) is 0 Å². The van der Waals surface area contributed by atoms with Gasteiger partial charge in [-0.3, -0.25) is 0 Å². The molecule has 1 nitrogen and oxygen atoms in total. The van der Waals surface area contributed by atoms with Gasteiger partial charge in [0, 0.05) is 6.04 Å². The van der Waals surface area contributed by atoms with Gasteiger partial charge in [0.2, 0.25) is 0 Å². The lowest BCUT2D eigenvalue weighted by Gasteiger charge is -2.27. The summed E-state index contributed by atoms with van der Waals surface area (Å²) in [4.78, 5) is 0. The van der Waals surface area contributed by atoms with Crippen LogP contribution in [0.15, 0.2) is 0 Å². The fraction of sp³-hybridized carbons (Fsp3) is 1.00. The zero-order valence-electron chi connectivity index (χ0n) is 9.47. The van der Waals surface area contributed by atoms with Crippen molar-refractivity contribution in [2.45, 2.75) is 58.9 Å². The Morgan fingerprint density at radius 3 is 2.69 bits per heavy atom. The molecule has 1 aliphatic carbocycles. The molecule has 0 aliphatic heterocycles. The molecule has 1 N–H and O–H groups in total. The topological polar surface area (TPSA) is 12.0 Å². The van der Waals surface area contributed by atoms with E-state index >= 15 is 0 Å². The van der Waals surface area contributed by atoms with Crippen LogP contribution in [0, 0.1) is 11.8 Å². The summed E-state index contributed by atoms with van der Waals surface area (Å²) in [5.41, 5.74) is 0. The van der Waals surface area contributed by atoms with E-state index in [0.717, 1.165) is 17.9 Å². The monoisotopic (exact) mass is 183 g/mol. The molecule has 13 heavy (non-hydrogen) atoms. The fourth-order valence-electron chi connectivity index (χ4n) is 2.20. The van der Waals surface area contributed by atoms with Crippen LogP contribution >= 0.6 is 0 Å². The maximum Gasteiger partial charge on any atom is 0.00696 e. The summed E-state index contributed by atoms with van der Waals surface area (Å²) in [7, 11) is 0. The van der Waals surface area contributed by atoms with Crippen molar-refractivity contribution in [1.29, 1.82) is 0 Å². The van der Waals surface area contributed by atoms with Crippen molar-refractivity contribution in [2.75, 3.05) is 6.54 Å². The predicted octanol–water partition coefficient (Wildman–Crippen LogP) is 3.20. The first kappa shape index (κ1) is 11.0. The molecule has 2 atom stereocenters. The predicted molar refractivity (Wildman–Crippen MR) is 58.9 cm³/mol. The summed E-state index contributed by atoms with van der Waals surface area (Å²) < 4.78 is 0. The number of hydrogen-bond donors (Lipinski definition) is 1. The van der Waals surface area contributed by atoms with Gasteiger partial charge in [0.05, 0.1) is 0 Å². The van der Waals surface area contributed by atoms with Gasteiger partial charge < -0.3 is 5.32 Å². The minimum absolute atomic E-state index is 0.822. The van der Waals surface area contributed by atoms with Crippen LogP contribution in [0.1, 0.15) is 52.9 Å². The highest BCUT2D eigenvalue weighted by molar-refractivity contribution is 4.75. The van der Waals surface area contributed by atoms with Gasteiger partial charge in [-0.1, -0.05) is 33.6 Å². The standard InChI is InChI=1S/C12H25N/c1-10(2)7-8-13-12-6-4-5-11(3)9-12/h10-13H,4-9H2,1-3H3/t11-,12-/m1/s1. The Balaban J connectivity index is 2.06. The van der Waals surface area contributed by atoms with Gasteiger partial charge in [-0.05, 0) is 37.6 Å². The van der Waals surface area contributed by atoms with Crippen LogP contribution in [0.5, 0.6) is 0 Å². The average Bonchev–Trinajstić information content (AvgIpc) is 2.03. The molecule has 0 saturated heterocycles. The molecular formula is C12H25N. The van der Waals surface area contributed by atoms with E-state index in [1.807, 2.05) is 0 Å². The summed E-state index contributed by atoms with van der Waals surface area (Å²) in [6, 6.07) is 0.822. The highest BCUT2D eigenvalue weighted by atomic mass is 14.9. The molecule has 0 amide bonds.